The molecule has 8 heteroatoms. The third-order valence-electron chi connectivity index (χ3n) is 2.54. The fraction of sp³-hybridized carbons (Fsp3) is 0.182. The van der Waals surface area contributed by atoms with E-state index in [0.29, 0.717) is 0 Å². The van der Waals surface area contributed by atoms with Gasteiger partial charge in [0.1, 0.15) is 11.2 Å². The van der Waals surface area contributed by atoms with Gasteiger partial charge in [-0.25, -0.2) is 18.2 Å². The lowest BCUT2D eigenvalue weighted by molar-refractivity contribution is -0.141. The van der Waals surface area contributed by atoms with Crippen molar-refractivity contribution in [3.05, 3.63) is 39.8 Å². The Kier molecular flexibility index (Phi) is 3.12. The third kappa shape index (κ3) is 2.11. The van der Waals surface area contributed by atoms with Gasteiger partial charge < -0.3 is 0 Å². The van der Waals surface area contributed by atoms with Gasteiger partial charge in [-0.2, -0.15) is 13.2 Å². The van der Waals surface area contributed by atoms with E-state index in [1.54, 1.807) is 0 Å². The van der Waals surface area contributed by atoms with Gasteiger partial charge in [0.05, 0.1) is 10.4 Å². The Labute approximate surface area is 107 Å². The van der Waals surface area contributed by atoms with Gasteiger partial charge in [0, 0.05) is 6.07 Å². The number of halogens is 7. The molecule has 0 aliphatic rings. The van der Waals surface area contributed by atoms with Gasteiger partial charge in [0.15, 0.2) is 17.5 Å². The molecule has 0 unspecified atom stereocenters. The Bertz CT molecular complexity index is 679. The first-order valence-electron chi connectivity index (χ1n) is 4.85. The lowest BCUT2D eigenvalue weighted by atomic mass is 10.1. The van der Waals surface area contributed by atoms with E-state index in [9.17, 15) is 26.3 Å². The number of rotatable bonds is 0. The molecule has 0 amide bonds. The Morgan fingerprint density at radius 3 is 2.21 bits per heavy atom. The second-order valence-corrected chi connectivity index (χ2v) is 4.15. The number of pyridine rings is 1. The predicted octanol–water partition coefficient (Wildman–Crippen LogP) is 4.63. The van der Waals surface area contributed by atoms with Crippen LogP contribution in [0.5, 0.6) is 0 Å². The van der Waals surface area contributed by atoms with Gasteiger partial charge in [0.25, 0.3) is 0 Å². The van der Waals surface area contributed by atoms with E-state index in [0.717, 1.165) is 6.92 Å². The number of aromatic nitrogens is 1. The zero-order chi connectivity index (χ0) is 14.5. The highest BCUT2D eigenvalue weighted by Gasteiger charge is 2.36. The van der Waals surface area contributed by atoms with Crippen LogP contribution in [0.3, 0.4) is 0 Å². The zero-order valence-electron chi connectivity index (χ0n) is 9.17. The maximum Gasteiger partial charge on any atom is 0.433 e. The lowest BCUT2D eigenvalue weighted by Crippen LogP contribution is -2.12. The summed E-state index contributed by atoms with van der Waals surface area (Å²) in [5.74, 6) is -4.50. The number of hydrogen-bond donors (Lipinski definition) is 0. The summed E-state index contributed by atoms with van der Waals surface area (Å²) in [5.41, 5.74) is -2.98. The standard InChI is InChI=1S/C11H4ClF6N/c1-3-7(12)6-8(15)4(13)2-5(14)9(6)19-10(3)11(16,17)18/h2H,1H3. The third-order valence-corrected chi connectivity index (χ3v) is 3.01. The first kappa shape index (κ1) is 13.9. The van der Waals surface area contributed by atoms with Crippen molar-refractivity contribution < 1.29 is 26.3 Å². The van der Waals surface area contributed by atoms with Crippen molar-refractivity contribution >= 4 is 22.5 Å². The Morgan fingerprint density at radius 2 is 1.68 bits per heavy atom. The van der Waals surface area contributed by atoms with Crippen LogP contribution in [-0.2, 0) is 6.18 Å². The quantitative estimate of drug-likeness (QED) is 0.510. The number of hydrogen-bond acceptors (Lipinski definition) is 1. The molecule has 0 saturated heterocycles. The number of benzene rings is 1. The van der Waals surface area contributed by atoms with Gasteiger partial charge in [-0.1, -0.05) is 11.6 Å². The van der Waals surface area contributed by atoms with Crippen molar-refractivity contribution in [2.45, 2.75) is 13.1 Å². The minimum atomic E-state index is -4.88. The average Bonchev–Trinajstić information content (AvgIpc) is 2.28. The van der Waals surface area contributed by atoms with Crippen LogP contribution in [0.4, 0.5) is 26.3 Å². The smallest absolute Gasteiger partial charge is 0.240 e. The van der Waals surface area contributed by atoms with E-state index in [1.165, 1.54) is 0 Å². The van der Waals surface area contributed by atoms with E-state index in [4.69, 9.17) is 11.6 Å². The molecule has 1 nitrogen and oxygen atoms in total. The molecule has 19 heavy (non-hydrogen) atoms. The van der Waals surface area contributed by atoms with Crippen LogP contribution in [0.1, 0.15) is 11.3 Å². The summed E-state index contributed by atoms with van der Waals surface area (Å²) < 4.78 is 77.9. The minimum Gasteiger partial charge on any atom is -0.240 e. The summed E-state index contributed by atoms with van der Waals surface area (Å²) in [6.45, 7) is 0.944. The average molecular weight is 300 g/mol. The number of fused-ring (bicyclic) bond motifs is 1. The van der Waals surface area contributed by atoms with Gasteiger partial charge in [0.2, 0.25) is 0 Å². The van der Waals surface area contributed by atoms with Crippen LogP contribution in [0, 0.1) is 24.4 Å². The summed E-state index contributed by atoms with van der Waals surface area (Å²) in [6, 6.07) is 0.122. The summed E-state index contributed by atoms with van der Waals surface area (Å²) >= 11 is 5.57. The summed E-state index contributed by atoms with van der Waals surface area (Å²) in [6.07, 6.45) is -4.88. The van der Waals surface area contributed by atoms with E-state index in [-0.39, 0.29) is 6.07 Å². The second kappa shape index (κ2) is 4.26. The second-order valence-electron chi connectivity index (χ2n) is 3.77. The molecule has 0 spiro atoms. The van der Waals surface area contributed by atoms with Crippen LogP contribution in [0.15, 0.2) is 6.07 Å². The maximum absolute atomic E-state index is 13.5. The largest absolute Gasteiger partial charge is 0.433 e. The van der Waals surface area contributed by atoms with E-state index in [2.05, 4.69) is 4.98 Å². The van der Waals surface area contributed by atoms with Gasteiger partial charge in [-0.3, -0.25) is 0 Å². The van der Waals surface area contributed by atoms with Gasteiger partial charge in [-0.15, -0.1) is 0 Å². The first-order valence-corrected chi connectivity index (χ1v) is 5.23. The fourth-order valence-corrected chi connectivity index (χ4v) is 1.92. The maximum atomic E-state index is 13.5. The van der Waals surface area contributed by atoms with Crippen LogP contribution >= 0.6 is 11.6 Å². The van der Waals surface area contributed by atoms with Crippen molar-refractivity contribution in [2.75, 3.05) is 0 Å². The summed E-state index contributed by atoms with van der Waals surface area (Å²) in [4.78, 5) is 3.02. The molecule has 1 heterocycles. The highest BCUT2D eigenvalue weighted by molar-refractivity contribution is 6.36. The van der Waals surface area contributed by atoms with Crippen molar-refractivity contribution in [1.29, 1.82) is 0 Å². The molecule has 0 bridgehead atoms. The molecule has 0 fully saturated rings. The molecule has 0 N–H and O–H groups in total. The van der Waals surface area contributed by atoms with Crippen LogP contribution in [0.2, 0.25) is 5.02 Å². The molecule has 102 valence electrons. The monoisotopic (exact) mass is 299 g/mol. The summed E-state index contributed by atoms with van der Waals surface area (Å²) in [7, 11) is 0. The van der Waals surface area contributed by atoms with Crippen LogP contribution in [0.25, 0.3) is 10.9 Å². The molecule has 0 atom stereocenters. The molecular formula is C11H4ClF6N. The normalized spacial score (nSPS) is 12.2. The molecule has 0 saturated carbocycles. The molecule has 0 aliphatic carbocycles. The number of alkyl halides is 3. The lowest BCUT2D eigenvalue weighted by Gasteiger charge is -2.13. The van der Waals surface area contributed by atoms with Crippen LogP contribution in [-0.4, -0.2) is 4.98 Å². The van der Waals surface area contributed by atoms with Gasteiger partial charge in [-0.05, 0) is 12.5 Å². The number of nitrogens with zero attached hydrogens (tertiary/aromatic N) is 1. The SMILES string of the molecule is Cc1c(C(F)(F)F)nc2c(F)cc(F)c(F)c2c1Cl. The van der Waals surface area contributed by atoms with Crippen molar-refractivity contribution in [1.82, 2.24) is 4.98 Å². The first-order chi connectivity index (χ1) is 8.64. The van der Waals surface area contributed by atoms with E-state index < -0.39 is 50.8 Å². The molecule has 2 aromatic rings. The van der Waals surface area contributed by atoms with Crippen molar-refractivity contribution in [2.24, 2.45) is 0 Å². The molecular weight excluding hydrogens is 296 g/mol. The van der Waals surface area contributed by atoms with Crippen molar-refractivity contribution in [3.8, 4) is 0 Å². The minimum absolute atomic E-state index is 0.122. The predicted molar refractivity (Wildman–Crippen MR) is 56.4 cm³/mol. The highest BCUT2D eigenvalue weighted by Crippen LogP contribution is 2.38. The molecule has 0 aliphatic heterocycles. The Hall–Kier alpha value is -1.50. The Balaban J connectivity index is 3.01. The van der Waals surface area contributed by atoms with Crippen molar-refractivity contribution in [3.63, 3.8) is 0 Å². The van der Waals surface area contributed by atoms with Gasteiger partial charge >= 0.3 is 6.18 Å². The molecule has 1 aromatic heterocycles. The highest BCUT2D eigenvalue weighted by atomic mass is 35.5. The van der Waals surface area contributed by atoms with E-state index >= 15 is 0 Å². The molecule has 0 radical (unpaired) electrons. The molecule has 2 rings (SSSR count). The molecule has 1 aromatic carbocycles. The zero-order valence-corrected chi connectivity index (χ0v) is 9.93. The fourth-order valence-electron chi connectivity index (χ4n) is 1.66. The Morgan fingerprint density at radius 1 is 1.11 bits per heavy atom. The summed E-state index contributed by atoms with van der Waals surface area (Å²) in [5, 5.41) is -1.52. The van der Waals surface area contributed by atoms with E-state index in [1.807, 2.05) is 0 Å². The van der Waals surface area contributed by atoms with Crippen LogP contribution < -0.4 is 0 Å². The topological polar surface area (TPSA) is 12.9 Å².